The fraction of sp³-hybridized carbons (Fsp3) is 0.417. The van der Waals surface area contributed by atoms with Gasteiger partial charge in [-0.1, -0.05) is 6.92 Å². The van der Waals surface area contributed by atoms with E-state index in [1.54, 1.807) is 13.8 Å². The van der Waals surface area contributed by atoms with Crippen molar-refractivity contribution < 1.29 is 23.6 Å². The predicted molar refractivity (Wildman–Crippen MR) is 76.9 cm³/mol. The van der Waals surface area contributed by atoms with E-state index in [-0.39, 0.29) is 11.0 Å². The maximum Gasteiger partial charge on any atom is 0.319 e. The Kier molecular flexibility index (Phi) is 6.11. The summed E-state index contributed by atoms with van der Waals surface area (Å²) in [5, 5.41) is 21.6. The second-order valence-corrected chi connectivity index (χ2v) is 5.78. The third-order valence-corrected chi connectivity index (χ3v) is 4.09. The molecule has 0 amide bonds. The van der Waals surface area contributed by atoms with Gasteiger partial charge in [0.15, 0.2) is 0 Å². The highest BCUT2D eigenvalue weighted by molar-refractivity contribution is 7.85. The molecule has 2 atom stereocenters. The smallest absolute Gasteiger partial charge is 0.319 e. The maximum atomic E-state index is 12.1. The SMILES string of the molecule is CC[C@@H](C)OC(=O)C[S@](=O)c1ccc([N+](=O)[O-])cc1[N+](=O)[O-]. The summed E-state index contributed by atoms with van der Waals surface area (Å²) in [6.07, 6.45) is 0.229. The van der Waals surface area contributed by atoms with Crippen LogP contribution in [0.4, 0.5) is 11.4 Å². The van der Waals surface area contributed by atoms with Crippen LogP contribution in [0.25, 0.3) is 0 Å². The molecule has 0 radical (unpaired) electrons. The van der Waals surface area contributed by atoms with Crippen molar-refractivity contribution >= 4 is 28.1 Å². The number of rotatable bonds is 7. The van der Waals surface area contributed by atoms with Gasteiger partial charge in [-0.25, -0.2) is 0 Å². The lowest BCUT2D eigenvalue weighted by Gasteiger charge is -2.10. The number of benzene rings is 1. The molecule has 0 N–H and O–H groups in total. The van der Waals surface area contributed by atoms with Crippen LogP contribution in [0.3, 0.4) is 0 Å². The van der Waals surface area contributed by atoms with Gasteiger partial charge in [0.25, 0.3) is 11.4 Å². The van der Waals surface area contributed by atoms with Crippen LogP contribution in [0.5, 0.6) is 0 Å². The highest BCUT2D eigenvalue weighted by atomic mass is 32.2. The Morgan fingerprint density at radius 3 is 2.45 bits per heavy atom. The summed E-state index contributed by atoms with van der Waals surface area (Å²) in [6, 6.07) is 2.73. The van der Waals surface area contributed by atoms with E-state index in [2.05, 4.69) is 0 Å². The lowest BCUT2D eigenvalue weighted by Crippen LogP contribution is -2.20. The van der Waals surface area contributed by atoms with Crippen molar-refractivity contribution in [1.29, 1.82) is 0 Å². The van der Waals surface area contributed by atoms with Crippen molar-refractivity contribution in [3.63, 3.8) is 0 Å². The van der Waals surface area contributed by atoms with Crippen molar-refractivity contribution in [2.24, 2.45) is 0 Å². The average molecular weight is 330 g/mol. The number of hydrogen-bond donors (Lipinski definition) is 0. The van der Waals surface area contributed by atoms with Crippen LogP contribution in [0.1, 0.15) is 20.3 Å². The van der Waals surface area contributed by atoms with Gasteiger partial charge in [-0.15, -0.1) is 0 Å². The van der Waals surface area contributed by atoms with Gasteiger partial charge < -0.3 is 4.74 Å². The average Bonchev–Trinajstić information content (AvgIpc) is 2.45. The molecule has 0 unspecified atom stereocenters. The second-order valence-electron chi connectivity index (χ2n) is 4.36. The first kappa shape index (κ1) is 17.7. The summed E-state index contributed by atoms with van der Waals surface area (Å²) in [5.41, 5.74) is -1.15. The fourth-order valence-corrected chi connectivity index (χ4v) is 2.51. The van der Waals surface area contributed by atoms with E-state index in [4.69, 9.17) is 4.74 Å². The van der Waals surface area contributed by atoms with Gasteiger partial charge in [-0.05, 0) is 19.4 Å². The molecule has 0 heterocycles. The molecule has 10 heteroatoms. The predicted octanol–water partition coefficient (Wildman–Crippen LogP) is 1.95. The Balaban J connectivity index is 3.00. The van der Waals surface area contributed by atoms with Gasteiger partial charge in [0.1, 0.15) is 10.6 Å². The van der Waals surface area contributed by atoms with Crippen molar-refractivity contribution in [3.05, 3.63) is 38.4 Å². The molecule has 120 valence electrons. The van der Waals surface area contributed by atoms with Crippen molar-refractivity contribution in [2.75, 3.05) is 5.75 Å². The summed E-state index contributed by atoms with van der Waals surface area (Å²) >= 11 is 0. The zero-order chi connectivity index (χ0) is 16.9. The zero-order valence-electron chi connectivity index (χ0n) is 11.9. The molecule has 0 aliphatic carbocycles. The molecule has 0 spiro atoms. The lowest BCUT2D eigenvalue weighted by atomic mass is 10.3. The molecule has 0 fully saturated rings. The van der Waals surface area contributed by atoms with E-state index in [1.165, 1.54) is 0 Å². The molecule has 0 bridgehead atoms. The largest absolute Gasteiger partial charge is 0.462 e. The number of carbonyl (C=O) groups excluding carboxylic acids is 1. The molecule has 1 aromatic rings. The molecule has 0 saturated heterocycles. The Morgan fingerprint density at radius 1 is 1.32 bits per heavy atom. The number of nitro benzene ring substituents is 2. The second kappa shape index (κ2) is 7.59. The van der Waals surface area contributed by atoms with Gasteiger partial charge in [0, 0.05) is 6.07 Å². The topological polar surface area (TPSA) is 130 Å². The Hall–Kier alpha value is -2.36. The van der Waals surface area contributed by atoms with E-state index in [1.807, 2.05) is 0 Å². The first-order valence-electron chi connectivity index (χ1n) is 6.27. The molecule has 9 nitrogen and oxygen atoms in total. The highest BCUT2D eigenvalue weighted by Gasteiger charge is 2.25. The number of esters is 1. The normalized spacial score (nSPS) is 13.2. The van der Waals surface area contributed by atoms with Crippen LogP contribution < -0.4 is 0 Å². The third kappa shape index (κ3) is 4.58. The minimum absolute atomic E-state index is 0.253. The van der Waals surface area contributed by atoms with Crippen LogP contribution in [0, 0.1) is 20.2 Å². The van der Waals surface area contributed by atoms with Crippen LogP contribution in [0.15, 0.2) is 23.1 Å². The monoisotopic (exact) mass is 330 g/mol. The van der Waals surface area contributed by atoms with Crippen LogP contribution in [0.2, 0.25) is 0 Å². The van der Waals surface area contributed by atoms with E-state index in [0.29, 0.717) is 12.5 Å². The molecule has 22 heavy (non-hydrogen) atoms. The summed E-state index contributed by atoms with van der Waals surface area (Å²) < 4.78 is 17.0. The zero-order valence-corrected chi connectivity index (χ0v) is 12.7. The number of nitro groups is 2. The Morgan fingerprint density at radius 2 is 1.95 bits per heavy atom. The van der Waals surface area contributed by atoms with Crippen LogP contribution in [-0.2, 0) is 20.3 Å². The molecule has 0 aliphatic heterocycles. The number of non-ortho nitro benzene ring substituents is 1. The number of ether oxygens (including phenoxy) is 1. The standard InChI is InChI=1S/C12H14N2O7S/c1-3-8(2)21-12(15)7-22(20)11-5-4-9(13(16)17)6-10(11)14(18)19/h4-6,8H,3,7H2,1-2H3/t8-,22+/m1/s1. The number of nitrogens with zero attached hydrogens (tertiary/aromatic N) is 2. The molecule has 0 aliphatic rings. The fourth-order valence-electron chi connectivity index (χ4n) is 1.48. The van der Waals surface area contributed by atoms with Crippen LogP contribution in [-0.4, -0.2) is 31.9 Å². The number of carbonyl (C=O) groups is 1. The maximum absolute atomic E-state index is 12.1. The molecule has 0 aromatic heterocycles. The van der Waals surface area contributed by atoms with E-state index in [0.717, 1.165) is 12.1 Å². The van der Waals surface area contributed by atoms with Gasteiger partial charge in [-0.3, -0.25) is 29.2 Å². The summed E-state index contributed by atoms with van der Waals surface area (Å²) in [4.78, 5) is 31.2. The van der Waals surface area contributed by atoms with Crippen molar-refractivity contribution in [2.45, 2.75) is 31.3 Å². The minimum atomic E-state index is -2.02. The molecular weight excluding hydrogens is 316 g/mol. The van der Waals surface area contributed by atoms with E-state index in [9.17, 15) is 29.2 Å². The van der Waals surface area contributed by atoms with Crippen LogP contribution >= 0.6 is 0 Å². The first-order chi connectivity index (χ1) is 10.3. The summed E-state index contributed by atoms with van der Waals surface area (Å²) in [6.45, 7) is 3.46. The van der Waals surface area contributed by atoms with E-state index >= 15 is 0 Å². The summed E-state index contributed by atoms with van der Waals surface area (Å²) in [5.74, 6) is -1.30. The molecule has 1 aromatic carbocycles. The molecular formula is C12H14N2O7S. The number of hydrogen-bond acceptors (Lipinski definition) is 7. The van der Waals surface area contributed by atoms with Gasteiger partial charge >= 0.3 is 5.97 Å². The van der Waals surface area contributed by atoms with E-state index < -0.39 is 43.7 Å². The lowest BCUT2D eigenvalue weighted by molar-refractivity contribution is -0.396. The van der Waals surface area contributed by atoms with Crippen molar-refractivity contribution in [1.82, 2.24) is 0 Å². The molecule has 1 rings (SSSR count). The Bertz CT molecular complexity index is 632. The van der Waals surface area contributed by atoms with Gasteiger partial charge in [-0.2, -0.15) is 0 Å². The van der Waals surface area contributed by atoms with Gasteiger partial charge in [0.2, 0.25) is 0 Å². The third-order valence-electron chi connectivity index (χ3n) is 2.75. The highest BCUT2D eigenvalue weighted by Crippen LogP contribution is 2.27. The quantitative estimate of drug-likeness (QED) is 0.424. The Labute approximate surface area is 128 Å². The van der Waals surface area contributed by atoms with Crippen molar-refractivity contribution in [3.8, 4) is 0 Å². The van der Waals surface area contributed by atoms with Gasteiger partial charge in [0.05, 0.1) is 32.8 Å². The summed E-state index contributed by atoms with van der Waals surface area (Å²) in [7, 11) is -2.02. The first-order valence-corrected chi connectivity index (χ1v) is 7.58. The molecule has 0 saturated carbocycles. The minimum Gasteiger partial charge on any atom is -0.462 e.